The molecule has 0 bridgehead atoms. The summed E-state index contributed by atoms with van der Waals surface area (Å²) >= 11 is 0. The van der Waals surface area contributed by atoms with Crippen LogP contribution in [0.5, 0.6) is 11.5 Å². The zero-order chi connectivity index (χ0) is 24.4. The van der Waals surface area contributed by atoms with Gasteiger partial charge in [0.1, 0.15) is 5.75 Å². The molecule has 0 saturated carbocycles. The Kier molecular flexibility index (Phi) is 5.11. The molecule has 2 aliphatic rings. The van der Waals surface area contributed by atoms with Gasteiger partial charge in [0, 0.05) is 32.8 Å². The molecule has 12 nitrogen and oxygen atoms in total. The first-order chi connectivity index (χ1) is 15.3. The van der Waals surface area contributed by atoms with E-state index in [2.05, 4.69) is 0 Å². The van der Waals surface area contributed by atoms with Crippen molar-refractivity contribution < 1.29 is 41.9 Å². The lowest BCUT2D eigenvalue weighted by Crippen LogP contribution is -2.76. The summed E-state index contributed by atoms with van der Waals surface area (Å²) in [7, 11) is -2.46. The molecular formula is C20H22N2O10S. The van der Waals surface area contributed by atoms with Gasteiger partial charge in [-0.1, -0.05) is 18.2 Å². The molecule has 4 rings (SSSR count). The number of hydrogen-bond donors (Lipinski definition) is 2. The smallest absolute Gasteiger partial charge is 0.324 e. The van der Waals surface area contributed by atoms with Crippen molar-refractivity contribution in [2.75, 3.05) is 19.1 Å². The van der Waals surface area contributed by atoms with E-state index >= 15 is 0 Å². The monoisotopic (exact) mass is 482 g/mol. The van der Waals surface area contributed by atoms with Crippen LogP contribution < -0.4 is 14.4 Å². The third-order valence-electron chi connectivity index (χ3n) is 6.23. The first kappa shape index (κ1) is 23.2. The molecule has 0 saturated heterocycles. The lowest BCUT2D eigenvalue weighted by Gasteiger charge is -2.58. The Bertz CT molecular complexity index is 1230. The van der Waals surface area contributed by atoms with Crippen LogP contribution in [-0.4, -0.2) is 54.2 Å². The number of nitro groups is 1. The van der Waals surface area contributed by atoms with Crippen LogP contribution in [-0.2, 0) is 25.3 Å². The van der Waals surface area contributed by atoms with E-state index < -0.39 is 37.7 Å². The van der Waals surface area contributed by atoms with E-state index in [0.29, 0.717) is 0 Å². The second-order valence-corrected chi connectivity index (χ2v) is 9.32. The number of rotatable bonds is 5. The van der Waals surface area contributed by atoms with Gasteiger partial charge in [-0.3, -0.25) is 19.6 Å². The molecule has 0 radical (unpaired) electrons. The lowest BCUT2D eigenvalue weighted by atomic mass is 9.75. The largest absolute Gasteiger partial charge is 0.459 e. The average molecular weight is 482 g/mol. The Balaban J connectivity index is 2.10. The minimum absolute atomic E-state index is 0.0144. The summed E-state index contributed by atoms with van der Waals surface area (Å²) in [5.41, 5.74) is -6.48. The number of ether oxygens (including phenoxy) is 4. The van der Waals surface area contributed by atoms with Gasteiger partial charge in [-0.15, -0.1) is 0 Å². The molecule has 2 heterocycles. The predicted octanol–water partition coefficient (Wildman–Crippen LogP) is 1.97. The lowest BCUT2D eigenvalue weighted by molar-refractivity contribution is -0.384. The van der Waals surface area contributed by atoms with Crippen LogP contribution in [0.15, 0.2) is 42.5 Å². The van der Waals surface area contributed by atoms with E-state index in [4.69, 9.17) is 18.9 Å². The van der Waals surface area contributed by atoms with Crippen LogP contribution in [0.2, 0.25) is 0 Å². The van der Waals surface area contributed by atoms with Crippen LogP contribution in [0.3, 0.4) is 0 Å². The first-order valence-corrected chi connectivity index (χ1v) is 11.2. The van der Waals surface area contributed by atoms with Crippen molar-refractivity contribution in [2.24, 2.45) is 0 Å². The highest BCUT2D eigenvalue weighted by Gasteiger charge is 2.71. The summed E-state index contributed by atoms with van der Waals surface area (Å²) in [6.45, 7) is 2.76. The number of benzene rings is 2. The summed E-state index contributed by atoms with van der Waals surface area (Å²) in [6, 6.07) is 9.81. The number of aliphatic hydroxyl groups is 1. The second kappa shape index (κ2) is 7.27. The molecule has 2 N–H and O–H groups in total. The van der Waals surface area contributed by atoms with Gasteiger partial charge in [0.05, 0.1) is 16.7 Å². The summed E-state index contributed by atoms with van der Waals surface area (Å²) in [5.74, 6) is -1.77. The Morgan fingerprint density at radius 2 is 1.79 bits per heavy atom. The molecule has 33 heavy (non-hydrogen) atoms. The van der Waals surface area contributed by atoms with Crippen molar-refractivity contribution >= 4 is 21.5 Å². The van der Waals surface area contributed by atoms with Crippen molar-refractivity contribution in [3.8, 4) is 11.5 Å². The van der Waals surface area contributed by atoms with Crippen molar-refractivity contribution in [3.05, 3.63) is 58.1 Å². The zero-order valence-corrected chi connectivity index (χ0v) is 18.9. The number of methoxy groups -OCH3 is 2. The number of para-hydroxylation sites is 1. The summed E-state index contributed by atoms with van der Waals surface area (Å²) in [6.07, 6.45) is 0. The fraction of sp³-hybridized carbons (Fsp3) is 0.400. The van der Waals surface area contributed by atoms with Gasteiger partial charge in [0.2, 0.25) is 11.5 Å². The van der Waals surface area contributed by atoms with E-state index in [-0.39, 0.29) is 28.4 Å². The third kappa shape index (κ3) is 3.00. The number of non-ortho nitro benzene ring substituents is 1. The van der Waals surface area contributed by atoms with E-state index in [9.17, 15) is 28.2 Å². The van der Waals surface area contributed by atoms with Gasteiger partial charge in [-0.05, 0) is 19.1 Å². The topological polar surface area (TPSA) is 158 Å². The molecule has 2 aromatic rings. The molecule has 4 unspecified atom stereocenters. The second-order valence-electron chi connectivity index (χ2n) is 7.89. The van der Waals surface area contributed by atoms with Gasteiger partial charge in [0.15, 0.2) is 11.4 Å². The maximum absolute atomic E-state index is 12.4. The van der Waals surface area contributed by atoms with E-state index in [1.54, 1.807) is 24.3 Å². The summed E-state index contributed by atoms with van der Waals surface area (Å²) in [4.78, 5) is 11.6. The molecule has 0 fully saturated rings. The minimum Gasteiger partial charge on any atom is -0.459 e. The molecule has 13 heteroatoms. The molecule has 0 spiro atoms. The highest BCUT2D eigenvalue weighted by Crippen LogP contribution is 2.58. The molecule has 4 atom stereocenters. The molecular weight excluding hydrogens is 460 g/mol. The fourth-order valence-electron chi connectivity index (χ4n) is 4.42. The Morgan fingerprint density at radius 1 is 1.12 bits per heavy atom. The van der Waals surface area contributed by atoms with Crippen LogP contribution >= 0.6 is 0 Å². The predicted molar refractivity (Wildman–Crippen MR) is 113 cm³/mol. The SMILES string of the molecule is COC1(C)Oc2ccccc2C(OC)(N2c3ccc([N+](=O)[O-])cc3OC2S(=O)(=O)O)C1(C)O. The Labute approximate surface area is 189 Å². The summed E-state index contributed by atoms with van der Waals surface area (Å²) in [5, 5.41) is 23.1. The highest BCUT2D eigenvalue weighted by atomic mass is 32.2. The summed E-state index contributed by atoms with van der Waals surface area (Å²) < 4.78 is 57.7. The quantitative estimate of drug-likeness (QED) is 0.364. The van der Waals surface area contributed by atoms with Crippen LogP contribution in [0.4, 0.5) is 11.4 Å². The van der Waals surface area contributed by atoms with Crippen molar-refractivity contribution in [2.45, 2.75) is 36.5 Å². The molecule has 0 aliphatic carbocycles. The number of anilines is 1. The van der Waals surface area contributed by atoms with E-state index in [1.165, 1.54) is 34.1 Å². The molecule has 2 aliphatic heterocycles. The van der Waals surface area contributed by atoms with E-state index in [0.717, 1.165) is 17.0 Å². The fourth-order valence-corrected chi connectivity index (χ4v) is 5.18. The number of hydrogen-bond acceptors (Lipinski definition) is 10. The normalized spacial score (nSPS) is 30.7. The van der Waals surface area contributed by atoms with Crippen molar-refractivity contribution in [1.82, 2.24) is 0 Å². The molecule has 0 aromatic heterocycles. The van der Waals surface area contributed by atoms with Gasteiger partial charge in [0.25, 0.3) is 5.69 Å². The van der Waals surface area contributed by atoms with E-state index in [1.807, 2.05) is 0 Å². The molecule has 178 valence electrons. The number of nitro benzene ring substituents is 1. The van der Waals surface area contributed by atoms with Gasteiger partial charge in [-0.2, -0.15) is 8.42 Å². The first-order valence-electron chi connectivity index (χ1n) is 9.66. The maximum atomic E-state index is 12.4. The van der Waals surface area contributed by atoms with Gasteiger partial charge >= 0.3 is 15.7 Å². The third-order valence-corrected chi connectivity index (χ3v) is 7.05. The standard InChI is InChI=1S/C20H22N2O10S/c1-18(23)19(2,29-3)32-15-8-6-5-7-13(15)20(18,30-4)21-14-10-9-12(22(24)25)11-16(14)31-17(21)33(26,27)28/h5-11,17,23H,1-4H3,(H,26,27,28). The number of nitrogens with zero attached hydrogens (tertiary/aromatic N) is 2. The van der Waals surface area contributed by atoms with Gasteiger partial charge in [-0.25, -0.2) is 0 Å². The minimum atomic E-state index is -4.99. The Morgan fingerprint density at radius 3 is 2.36 bits per heavy atom. The van der Waals surface area contributed by atoms with Crippen LogP contribution in [0.25, 0.3) is 0 Å². The Hall–Kier alpha value is -2.97. The molecule has 0 amide bonds. The highest BCUT2D eigenvalue weighted by molar-refractivity contribution is 7.86. The zero-order valence-electron chi connectivity index (χ0n) is 18.1. The number of fused-ring (bicyclic) bond motifs is 2. The average Bonchev–Trinajstić information content (AvgIpc) is 3.14. The van der Waals surface area contributed by atoms with Crippen molar-refractivity contribution in [3.63, 3.8) is 0 Å². The van der Waals surface area contributed by atoms with Gasteiger partial charge < -0.3 is 24.1 Å². The van der Waals surface area contributed by atoms with Crippen LogP contribution in [0, 0.1) is 10.1 Å². The molecule has 2 aromatic carbocycles. The van der Waals surface area contributed by atoms with Crippen LogP contribution in [0.1, 0.15) is 19.4 Å². The maximum Gasteiger partial charge on any atom is 0.324 e. The van der Waals surface area contributed by atoms with Crippen molar-refractivity contribution in [1.29, 1.82) is 0 Å².